The van der Waals surface area contributed by atoms with Crippen LogP contribution in [0.5, 0.6) is 0 Å². The number of amides is 1. The maximum absolute atomic E-state index is 11.5. The topological polar surface area (TPSA) is 52.9 Å². The van der Waals surface area contributed by atoms with Gasteiger partial charge in [-0.05, 0) is 0 Å². The van der Waals surface area contributed by atoms with Crippen LogP contribution in [-0.2, 0) is 4.79 Å². The van der Waals surface area contributed by atoms with Gasteiger partial charge in [0.05, 0.1) is 12.6 Å². The van der Waals surface area contributed by atoms with Gasteiger partial charge in [-0.3, -0.25) is 4.79 Å². The Balaban J connectivity index is 3.91. The van der Waals surface area contributed by atoms with Crippen LogP contribution in [0.15, 0.2) is 12.2 Å². The summed E-state index contributed by atoms with van der Waals surface area (Å²) >= 11 is 0. The lowest BCUT2D eigenvalue weighted by Gasteiger charge is -2.05. The summed E-state index contributed by atoms with van der Waals surface area (Å²) in [5, 5.41) is 9.56. The molecule has 0 unspecified atom stereocenters. The van der Waals surface area contributed by atoms with Crippen LogP contribution in [0, 0.1) is 11.3 Å². The summed E-state index contributed by atoms with van der Waals surface area (Å²) < 4.78 is 34.4. The van der Waals surface area contributed by atoms with Crippen molar-refractivity contribution in [3.63, 3.8) is 0 Å². The Morgan fingerprint density at radius 1 is 1.58 bits per heavy atom. The van der Waals surface area contributed by atoms with E-state index in [1.807, 2.05) is 0 Å². The largest absolute Gasteiger partial charge is 0.471 e. The smallest absolute Gasteiger partial charge is 0.343 e. The molecule has 1 N–H and O–H groups in total. The van der Waals surface area contributed by atoms with E-state index in [2.05, 4.69) is 6.58 Å². The van der Waals surface area contributed by atoms with Crippen LogP contribution in [0.25, 0.3) is 0 Å². The average Bonchev–Trinajstić information content (AvgIpc) is 1.97. The van der Waals surface area contributed by atoms with Crippen molar-refractivity contribution in [2.24, 2.45) is 0 Å². The van der Waals surface area contributed by atoms with Crippen molar-refractivity contribution < 1.29 is 18.0 Å². The number of hydrogen-bond acceptors (Lipinski definition) is 2. The first-order valence-corrected chi connectivity index (χ1v) is 2.81. The second kappa shape index (κ2) is 3.76. The number of nitrogens with zero attached hydrogens (tertiary/aromatic N) is 1. The summed E-state index contributed by atoms with van der Waals surface area (Å²) in [6.45, 7) is 2.61. The van der Waals surface area contributed by atoms with Gasteiger partial charge < -0.3 is 5.32 Å². The quantitative estimate of drug-likeness (QED) is 0.634. The van der Waals surface area contributed by atoms with Crippen LogP contribution in [0.2, 0.25) is 0 Å². The highest BCUT2D eigenvalue weighted by Gasteiger charge is 2.38. The zero-order valence-electron chi connectivity index (χ0n) is 5.90. The van der Waals surface area contributed by atoms with E-state index in [0.29, 0.717) is 0 Å². The van der Waals surface area contributed by atoms with Gasteiger partial charge in [0.1, 0.15) is 0 Å². The van der Waals surface area contributed by atoms with E-state index in [1.54, 1.807) is 0 Å². The zero-order chi connectivity index (χ0) is 9.78. The molecule has 0 radical (unpaired) electrons. The van der Waals surface area contributed by atoms with E-state index in [9.17, 15) is 18.0 Å². The first-order valence-electron chi connectivity index (χ1n) is 2.81. The molecule has 0 aromatic carbocycles. The lowest BCUT2D eigenvalue weighted by molar-refractivity contribution is -0.173. The summed E-state index contributed by atoms with van der Waals surface area (Å²) in [6.07, 6.45) is -4.91. The fraction of sp³-hybridized carbons (Fsp3) is 0.333. The van der Waals surface area contributed by atoms with Gasteiger partial charge in [0, 0.05) is 5.57 Å². The van der Waals surface area contributed by atoms with Crippen molar-refractivity contribution in [3.8, 4) is 6.07 Å². The fourth-order valence-electron chi connectivity index (χ4n) is 0.327. The molecule has 0 rings (SSSR count). The fourth-order valence-corrected chi connectivity index (χ4v) is 0.327. The van der Waals surface area contributed by atoms with E-state index >= 15 is 0 Å². The van der Waals surface area contributed by atoms with Crippen LogP contribution >= 0.6 is 0 Å². The van der Waals surface area contributed by atoms with Gasteiger partial charge in [-0.15, -0.1) is 0 Å². The van der Waals surface area contributed by atoms with Gasteiger partial charge in [0.2, 0.25) is 0 Å². The van der Waals surface area contributed by atoms with Crippen molar-refractivity contribution in [2.75, 3.05) is 6.54 Å². The minimum atomic E-state index is -4.91. The Labute approximate surface area is 66.5 Å². The molecule has 66 valence electrons. The van der Waals surface area contributed by atoms with Gasteiger partial charge >= 0.3 is 12.1 Å². The molecule has 0 aliphatic carbocycles. The zero-order valence-corrected chi connectivity index (χ0v) is 5.90. The van der Waals surface area contributed by atoms with E-state index in [-0.39, 0.29) is 5.57 Å². The third kappa shape index (κ3) is 3.61. The molecular formula is C6H5F3N2O. The SMILES string of the molecule is C=C(C#N)CNC(=O)C(F)(F)F. The lowest BCUT2D eigenvalue weighted by atomic mass is 10.3. The van der Waals surface area contributed by atoms with E-state index in [4.69, 9.17) is 5.26 Å². The number of nitriles is 1. The second-order valence-corrected chi connectivity index (χ2v) is 1.90. The lowest BCUT2D eigenvalue weighted by Crippen LogP contribution is -2.37. The normalized spacial score (nSPS) is 10.2. The maximum atomic E-state index is 11.5. The Morgan fingerprint density at radius 2 is 2.08 bits per heavy atom. The molecule has 0 atom stereocenters. The van der Waals surface area contributed by atoms with Crippen molar-refractivity contribution in [1.29, 1.82) is 5.26 Å². The predicted octanol–water partition coefficient (Wildman–Crippen LogP) is 0.745. The maximum Gasteiger partial charge on any atom is 0.471 e. The van der Waals surface area contributed by atoms with Gasteiger partial charge in [-0.1, -0.05) is 6.58 Å². The third-order valence-corrected chi connectivity index (χ3v) is 0.878. The molecule has 0 bridgehead atoms. The summed E-state index contributed by atoms with van der Waals surface area (Å²) in [7, 11) is 0. The first kappa shape index (κ1) is 10.5. The van der Waals surface area contributed by atoms with E-state index in [1.165, 1.54) is 11.4 Å². The molecular weight excluding hydrogens is 173 g/mol. The number of hydrogen-bond donors (Lipinski definition) is 1. The molecule has 3 nitrogen and oxygen atoms in total. The van der Waals surface area contributed by atoms with Gasteiger partial charge in [-0.25, -0.2) is 0 Å². The summed E-state index contributed by atoms with van der Waals surface area (Å²) in [4.78, 5) is 10.1. The van der Waals surface area contributed by atoms with Crippen molar-refractivity contribution in [1.82, 2.24) is 5.32 Å². The van der Waals surface area contributed by atoms with Crippen LogP contribution < -0.4 is 5.32 Å². The number of alkyl halides is 3. The number of rotatable bonds is 2. The number of nitrogens with one attached hydrogen (secondary N) is 1. The Kier molecular flexibility index (Phi) is 3.29. The molecule has 0 heterocycles. The monoisotopic (exact) mass is 178 g/mol. The third-order valence-electron chi connectivity index (χ3n) is 0.878. The highest BCUT2D eigenvalue weighted by Crippen LogP contribution is 2.13. The van der Waals surface area contributed by atoms with E-state index < -0.39 is 18.6 Å². The average molecular weight is 178 g/mol. The highest BCUT2D eigenvalue weighted by atomic mass is 19.4. The molecule has 12 heavy (non-hydrogen) atoms. The number of carbonyl (C=O) groups excluding carboxylic acids is 1. The summed E-state index contributed by atoms with van der Waals surface area (Å²) in [6, 6.07) is 1.50. The first-order chi connectivity index (χ1) is 5.38. The minimum absolute atomic E-state index is 0.132. The molecule has 0 aliphatic rings. The number of halogens is 3. The molecule has 6 heteroatoms. The summed E-state index contributed by atoms with van der Waals surface area (Å²) in [5.41, 5.74) is -0.132. The van der Waals surface area contributed by atoms with Crippen LogP contribution in [0.4, 0.5) is 13.2 Å². The minimum Gasteiger partial charge on any atom is -0.343 e. The molecule has 1 amide bonds. The van der Waals surface area contributed by atoms with Gasteiger partial charge in [-0.2, -0.15) is 18.4 Å². The van der Waals surface area contributed by atoms with Crippen molar-refractivity contribution in [3.05, 3.63) is 12.2 Å². The Hall–Kier alpha value is -1.51. The second-order valence-electron chi connectivity index (χ2n) is 1.90. The predicted molar refractivity (Wildman–Crippen MR) is 33.8 cm³/mol. The van der Waals surface area contributed by atoms with Crippen molar-refractivity contribution >= 4 is 5.91 Å². The summed E-state index contributed by atoms with van der Waals surface area (Å²) in [5.74, 6) is -2.07. The van der Waals surface area contributed by atoms with E-state index in [0.717, 1.165) is 0 Å². The van der Waals surface area contributed by atoms with Crippen molar-refractivity contribution in [2.45, 2.75) is 6.18 Å². The van der Waals surface area contributed by atoms with Gasteiger partial charge in [0.15, 0.2) is 0 Å². The molecule has 0 saturated heterocycles. The molecule has 0 saturated carbocycles. The molecule has 0 spiro atoms. The van der Waals surface area contributed by atoms with Crippen LogP contribution in [-0.4, -0.2) is 18.6 Å². The number of carbonyl (C=O) groups is 1. The molecule has 0 aliphatic heterocycles. The molecule has 0 fully saturated rings. The Bertz CT molecular complexity index is 238. The van der Waals surface area contributed by atoms with Crippen LogP contribution in [0.3, 0.4) is 0 Å². The Morgan fingerprint density at radius 3 is 2.42 bits per heavy atom. The van der Waals surface area contributed by atoms with Crippen LogP contribution in [0.1, 0.15) is 0 Å². The molecule has 0 aromatic rings. The highest BCUT2D eigenvalue weighted by molar-refractivity contribution is 5.81. The van der Waals surface area contributed by atoms with Gasteiger partial charge in [0.25, 0.3) is 0 Å². The molecule has 0 aromatic heterocycles. The standard InChI is InChI=1S/C6H5F3N2O/c1-4(2-10)3-11-5(12)6(7,8)9/h1,3H2,(H,11,12).